The van der Waals surface area contributed by atoms with Crippen LogP contribution in [0.2, 0.25) is 0 Å². The number of carbonyl (C=O) groups excluding carboxylic acids is 1. The standard InChI is InChI=1S/C29H37N3O3S/c1-31(23-7-3-4-8-23)24-9-5-6-21(18-24)27(33)32-20-29(16-14-28(12-13-28)15-17-29)25-19-22(10-11-26(25)32)30-36(2,34)35/h5-6,9-11,18-19,23,30H,3-4,7-8,12-17,20H2,1-2H3. The maximum atomic E-state index is 14.0. The second kappa shape index (κ2) is 8.51. The number of nitrogens with one attached hydrogen (secondary N) is 1. The van der Waals surface area contributed by atoms with Crippen molar-refractivity contribution in [3.63, 3.8) is 0 Å². The molecule has 0 atom stereocenters. The maximum Gasteiger partial charge on any atom is 0.258 e. The van der Waals surface area contributed by atoms with Gasteiger partial charge in [0.2, 0.25) is 10.0 Å². The number of anilines is 3. The lowest BCUT2D eigenvalue weighted by Gasteiger charge is -2.38. The van der Waals surface area contributed by atoms with Crippen molar-refractivity contribution in [3.05, 3.63) is 53.6 Å². The molecule has 0 aromatic heterocycles. The third-order valence-electron chi connectivity index (χ3n) is 9.47. The highest BCUT2D eigenvalue weighted by atomic mass is 32.2. The fourth-order valence-corrected chi connectivity index (χ4v) is 7.56. The Bertz CT molecular complexity index is 1280. The zero-order chi connectivity index (χ0) is 25.1. The predicted octanol–water partition coefficient (Wildman–Crippen LogP) is 5.69. The van der Waals surface area contributed by atoms with E-state index in [1.54, 1.807) is 6.07 Å². The van der Waals surface area contributed by atoms with E-state index in [4.69, 9.17) is 0 Å². The number of amides is 1. The Morgan fingerprint density at radius 3 is 2.36 bits per heavy atom. The average Bonchev–Trinajstić information content (AvgIpc) is 3.27. The quantitative estimate of drug-likeness (QED) is 0.565. The molecule has 0 unspecified atom stereocenters. The lowest BCUT2D eigenvalue weighted by Crippen LogP contribution is -2.40. The van der Waals surface area contributed by atoms with Crippen LogP contribution in [0.3, 0.4) is 0 Å². The minimum atomic E-state index is -3.37. The predicted molar refractivity (Wildman–Crippen MR) is 145 cm³/mol. The van der Waals surface area contributed by atoms with Crippen LogP contribution in [0, 0.1) is 5.41 Å². The maximum absolute atomic E-state index is 14.0. The van der Waals surface area contributed by atoms with Crippen molar-refractivity contribution >= 4 is 33.0 Å². The molecule has 3 fully saturated rings. The zero-order valence-electron chi connectivity index (χ0n) is 21.4. The van der Waals surface area contributed by atoms with Gasteiger partial charge in [-0.2, -0.15) is 0 Å². The Balaban J connectivity index is 1.33. The Morgan fingerprint density at radius 2 is 1.69 bits per heavy atom. The summed E-state index contributed by atoms with van der Waals surface area (Å²) in [5, 5.41) is 0. The van der Waals surface area contributed by atoms with E-state index >= 15 is 0 Å². The third-order valence-corrected chi connectivity index (χ3v) is 10.1. The van der Waals surface area contributed by atoms with Crippen molar-refractivity contribution in [3.8, 4) is 0 Å². The van der Waals surface area contributed by atoms with E-state index < -0.39 is 10.0 Å². The van der Waals surface area contributed by atoms with E-state index in [1.165, 1.54) is 57.6 Å². The van der Waals surface area contributed by atoms with Gasteiger partial charge in [-0.15, -0.1) is 0 Å². The molecule has 6 nitrogen and oxygen atoms in total. The van der Waals surface area contributed by atoms with Crippen molar-refractivity contribution in [1.29, 1.82) is 0 Å². The zero-order valence-corrected chi connectivity index (χ0v) is 22.2. The number of nitrogens with zero attached hydrogens (tertiary/aromatic N) is 2. The monoisotopic (exact) mass is 507 g/mol. The molecule has 4 aliphatic rings. The number of fused-ring (bicyclic) bond motifs is 2. The number of benzene rings is 2. The van der Waals surface area contributed by atoms with Gasteiger partial charge in [-0.05, 0) is 98.7 Å². The first-order chi connectivity index (χ1) is 17.2. The van der Waals surface area contributed by atoms with E-state index in [0.29, 0.717) is 29.3 Å². The summed E-state index contributed by atoms with van der Waals surface area (Å²) in [6, 6.07) is 14.3. The molecular formula is C29H37N3O3S. The molecule has 2 aromatic rings. The van der Waals surface area contributed by atoms with Crippen LogP contribution in [0.15, 0.2) is 42.5 Å². The van der Waals surface area contributed by atoms with Gasteiger partial charge in [0.05, 0.1) is 6.26 Å². The van der Waals surface area contributed by atoms with E-state index in [0.717, 1.165) is 29.8 Å². The van der Waals surface area contributed by atoms with E-state index in [-0.39, 0.29) is 11.3 Å². The Morgan fingerprint density at radius 1 is 1.00 bits per heavy atom. The van der Waals surface area contributed by atoms with Crippen LogP contribution in [-0.4, -0.2) is 40.2 Å². The van der Waals surface area contributed by atoms with Crippen LogP contribution in [-0.2, 0) is 15.4 Å². The minimum Gasteiger partial charge on any atom is -0.372 e. The molecule has 2 spiro atoms. The van der Waals surface area contributed by atoms with E-state index in [2.05, 4.69) is 22.7 Å². The Hall–Kier alpha value is -2.54. The molecule has 36 heavy (non-hydrogen) atoms. The first-order valence-corrected chi connectivity index (χ1v) is 15.3. The molecule has 1 aliphatic heterocycles. The van der Waals surface area contributed by atoms with Gasteiger partial charge in [-0.25, -0.2) is 8.42 Å². The molecule has 1 amide bonds. The molecule has 0 bridgehead atoms. The number of sulfonamides is 1. The highest BCUT2D eigenvalue weighted by Crippen LogP contribution is 2.62. The molecule has 1 N–H and O–H groups in total. The fourth-order valence-electron chi connectivity index (χ4n) is 7.01. The molecule has 2 aromatic carbocycles. The first-order valence-electron chi connectivity index (χ1n) is 13.4. The summed E-state index contributed by atoms with van der Waals surface area (Å²) < 4.78 is 26.5. The molecule has 7 heteroatoms. The van der Waals surface area contributed by atoms with Gasteiger partial charge in [0.15, 0.2) is 0 Å². The molecule has 192 valence electrons. The number of carbonyl (C=O) groups is 1. The van der Waals surface area contributed by atoms with E-state index in [9.17, 15) is 13.2 Å². The largest absolute Gasteiger partial charge is 0.372 e. The van der Waals surface area contributed by atoms with Crippen LogP contribution in [0.4, 0.5) is 17.1 Å². The number of hydrogen-bond donors (Lipinski definition) is 1. The third kappa shape index (κ3) is 4.29. The Kier molecular flexibility index (Phi) is 5.63. The second-order valence-electron chi connectivity index (χ2n) is 11.9. The van der Waals surface area contributed by atoms with Crippen LogP contribution in [0.25, 0.3) is 0 Å². The van der Waals surface area contributed by atoms with Gasteiger partial charge in [0.25, 0.3) is 5.91 Å². The first kappa shape index (κ1) is 23.8. The number of hydrogen-bond acceptors (Lipinski definition) is 4. The number of rotatable bonds is 5. The summed E-state index contributed by atoms with van der Waals surface area (Å²) in [4.78, 5) is 18.3. The van der Waals surface area contributed by atoms with Crippen LogP contribution in [0.5, 0.6) is 0 Å². The van der Waals surface area contributed by atoms with Gasteiger partial charge in [-0.1, -0.05) is 18.9 Å². The highest BCUT2D eigenvalue weighted by Gasteiger charge is 2.53. The SMILES string of the molecule is CN(c1cccc(C(=O)N2CC3(CCC4(CC4)CC3)c3cc(NS(C)(=O)=O)ccc32)c1)C1CCCC1. The van der Waals surface area contributed by atoms with Crippen molar-refractivity contribution in [1.82, 2.24) is 0 Å². The normalized spacial score (nSPS) is 22.1. The second-order valence-corrected chi connectivity index (χ2v) is 13.6. The lowest BCUT2D eigenvalue weighted by molar-refractivity contribution is 0.0980. The summed E-state index contributed by atoms with van der Waals surface area (Å²) in [6.07, 6.45) is 13.3. The van der Waals surface area contributed by atoms with E-state index in [1.807, 2.05) is 35.2 Å². The van der Waals surface area contributed by atoms with Gasteiger partial charge in [0, 0.05) is 47.7 Å². The fraction of sp³-hybridized carbons (Fsp3) is 0.552. The summed E-state index contributed by atoms with van der Waals surface area (Å²) in [6.45, 7) is 0.669. The van der Waals surface area contributed by atoms with Gasteiger partial charge >= 0.3 is 0 Å². The summed E-state index contributed by atoms with van der Waals surface area (Å²) in [5.74, 6) is 0.0327. The van der Waals surface area contributed by atoms with Crippen LogP contribution < -0.4 is 14.5 Å². The molecule has 0 saturated heterocycles. The molecule has 6 rings (SSSR count). The van der Waals surface area contributed by atoms with Crippen molar-refractivity contribution in [2.75, 3.05) is 34.4 Å². The molecule has 0 radical (unpaired) electrons. The highest BCUT2D eigenvalue weighted by molar-refractivity contribution is 7.92. The van der Waals surface area contributed by atoms with Crippen molar-refractivity contribution in [2.45, 2.75) is 75.7 Å². The van der Waals surface area contributed by atoms with Crippen LogP contribution in [0.1, 0.15) is 80.1 Å². The lowest BCUT2D eigenvalue weighted by atomic mass is 9.66. The van der Waals surface area contributed by atoms with Crippen molar-refractivity contribution in [2.24, 2.45) is 5.41 Å². The topological polar surface area (TPSA) is 69.7 Å². The molecule has 1 heterocycles. The summed E-state index contributed by atoms with van der Waals surface area (Å²) >= 11 is 0. The average molecular weight is 508 g/mol. The Labute approximate surface area is 215 Å². The van der Waals surface area contributed by atoms with Gasteiger partial charge < -0.3 is 9.80 Å². The molecule has 3 aliphatic carbocycles. The minimum absolute atomic E-state index is 0.0327. The smallest absolute Gasteiger partial charge is 0.258 e. The summed E-state index contributed by atoms with van der Waals surface area (Å²) in [7, 11) is -1.23. The molecular weight excluding hydrogens is 470 g/mol. The molecule has 3 saturated carbocycles. The van der Waals surface area contributed by atoms with Crippen LogP contribution >= 0.6 is 0 Å². The van der Waals surface area contributed by atoms with Crippen molar-refractivity contribution < 1.29 is 13.2 Å². The van der Waals surface area contributed by atoms with Gasteiger partial charge in [0.1, 0.15) is 0 Å². The summed E-state index contributed by atoms with van der Waals surface area (Å²) in [5.41, 5.74) is 4.88. The van der Waals surface area contributed by atoms with Gasteiger partial charge in [-0.3, -0.25) is 9.52 Å².